The van der Waals surface area contributed by atoms with Crippen LogP contribution in [0.4, 0.5) is 0 Å². The van der Waals surface area contributed by atoms with Crippen molar-refractivity contribution in [3.8, 4) is 0 Å². The lowest BCUT2D eigenvalue weighted by Gasteiger charge is -2.35. The quantitative estimate of drug-likeness (QED) is 0.892. The summed E-state index contributed by atoms with van der Waals surface area (Å²) in [5, 5.41) is 14.2. The maximum absolute atomic E-state index is 12.8. The predicted molar refractivity (Wildman–Crippen MR) is 80.4 cm³/mol. The molecule has 3 heterocycles. The molecule has 2 aromatic heterocycles. The molecule has 1 saturated heterocycles. The molecule has 0 spiro atoms. The van der Waals surface area contributed by atoms with Crippen molar-refractivity contribution in [2.45, 2.75) is 33.2 Å². The highest BCUT2D eigenvalue weighted by molar-refractivity contribution is 5.80. The second-order valence-corrected chi connectivity index (χ2v) is 5.73. The number of carbonyl (C=O) groups excluding carboxylic acids is 1. The van der Waals surface area contributed by atoms with Crippen molar-refractivity contribution in [2.75, 3.05) is 19.8 Å². The highest BCUT2D eigenvalue weighted by atomic mass is 16.5. The lowest BCUT2D eigenvalue weighted by Crippen LogP contribution is -2.44. The molecule has 1 fully saturated rings. The summed E-state index contributed by atoms with van der Waals surface area (Å²) in [7, 11) is 0. The van der Waals surface area contributed by atoms with E-state index in [9.17, 15) is 4.79 Å². The molecule has 2 aromatic rings. The average molecular weight is 303 g/mol. The van der Waals surface area contributed by atoms with Gasteiger partial charge in [0.25, 0.3) is 0 Å². The molecule has 22 heavy (non-hydrogen) atoms. The molecule has 1 atom stereocenters. The zero-order valence-electron chi connectivity index (χ0n) is 13.1. The van der Waals surface area contributed by atoms with Crippen LogP contribution in [0, 0.1) is 20.8 Å². The van der Waals surface area contributed by atoms with Crippen molar-refractivity contribution >= 4 is 5.91 Å². The number of ether oxygens (including phenoxy) is 1. The van der Waals surface area contributed by atoms with Crippen molar-refractivity contribution in [3.63, 3.8) is 0 Å². The van der Waals surface area contributed by atoms with Crippen LogP contribution in [0.3, 0.4) is 0 Å². The van der Waals surface area contributed by atoms with Crippen LogP contribution in [0.1, 0.15) is 34.3 Å². The second-order valence-electron chi connectivity index (χ2n) is 5.73. The van der Waals surface area contributed by atoms with Crippen molar-refractivity contribution in [3.05, 3.63) is 34.4 Å². The number of amides is 1. The van der Waals surface area contributed by atoms with Gasteiger partial charge in [-0.2, -0.15) is 10.2 Å². The molecule has 0 aromatic carbocycles. The molecular formula is C15H21N5O2. The molecule has 0 aliphatic carbocycles. The highest BCUT2D eigenvalue weighted by Gasteiger charge is 2.31. The lowest BCUT2D eigenvalue weighted by molar-refractivity contribution is -0.139. The Morgan fingerprint density at radius 2 is 2.23 bits per heavy atom. The Balaban J connectivity index is 1.82. The van der Waals surface area contributed by atoms with Gasteiger partial charge in [0, 0.05) is 17.8 Å². The van der Waals surface area contributed by atoms with Crippen LogP contribution < -0.4 is 0 Å². The smallest absolute Gasteiger partial charge is 0.227 e. The van der Waals surface area contributed by atoms with Crippen LogP contribution in [-0.4, -0.2) is 51.0 Å². The number of carbonyl (C=O) groups is 1. The minimum atomic E-state index is -0.101. The number of hydrogen-bond donors (Lipinski definition) is 2. The minimum absolute atomic E-state index is 0.0925. The van der Waals surface area contributed by atoms with E-state index in [0.29, 0.717) is 26.2 Å². The summed E-state index contributed by atoms with van der Waals surface area (Å²) >= 11 is 0. The van der Waals surface area contributed by atoms with Gasteiger partial charge in [0.15, 0.2) is 0 Å². The van der Waals surface area contributed by atoms with Crippen molar-refractivity contribution in [1.29, 1.82) is 0 Å². The first-order valence-electron chi connectivity index (χ1n) is 7.45. The van der Waals surface area contributed by atoms with Gasteiger partial charge < -0.3 is 9.64 Å². The number of nitrogens with zero attached hydrogens (tertiary/aromatic N) is 3. The van der Waals surface area contributed by atoms with E-state index in [1.165, 1.54) is 0 Å². The summed E-state index contributed by atoms with van der Waals surface area (Å²) in [6, 6.07) is -0.101. The number of rotatable bonds is 3. The standard InChI is InChI=1S/C15H21N5O2/c1-9-7-16-19-15(9)13-8-22-5-4-20(13)14(21)6-12-10(2)17-18-11(12)3/h7,13H,4-6,8H2,1-3H3,(H,16,19)(H,17,18)/t13-/m0/s1. The molecular weight excluding hydrogens is 282 g/mol. The fraction of sp³-hybridized carbons (Fsp3) is 0.533. The van der Waals surface area contributed by atoms with Gasteiger partial charge in [0.05, 0.1) is 43.3 Å². The van der Waals surface area contributed by atoms with Gasteiger partial charge in [0.1, 0.15) is 0 Å². The molecule has 0 radical (unpaired) electrons. The molecule has 2 N–H and O–H groups in total. The molecule has 0 bridgehead atoms. The van der Waals surface area contributed by atoms with Crippen molar-refractivity contribution in [1.82, 2.24) is 25.3 Å². The fourth-order valence-corrected chi connectivity index (χ4v) is 2.92. The Kier molecular flexibility index (Phi) is 3.98. The maximum atomic E-state index is 12.8. The molecule has 0 saturated carbocycles. The summed E-state index contributed by atoms with van der Waals surface area (Å²) in [4.78, 5) is 14.7. The van der Waals surface area contributed by atoms with Crippen LogP contribution in [0.2, 0.25) is 0 Å². The number of H-pyrrole nitrogens is 2. The van der Waals surface area contributed by atoms with Gasteiger partial charge in [-0.25, -0.2) is 0 Å². The number of hydrogen-bond acceptors (Lipinski definition) is 4. The topological polar surface area (TPSA) is 86.9 Å². The zero-order chi connectivity index (χ0) is 15.7. The van der Waals surface area contributed by atoms with E-state index in [-0.39, 0.29) is 11.9 Å². The third kappa shape index (κ3) is 2.64. The van der Waals surface area contributed by atoms with Crippen LogP contribution in [0.25, 0.3) is 0 Å². The number of aromatic amines is 2. The van der Waals surface area contributed by atoms with Gasteiger partial charge in [-0.1, -0.05) is 0 Å². The summed E-state index contributed by atoms with van der Waals surface area (Å²) in [6.45, 7) is 7.51. The van der Waals surface area contributed by atoms with E-state index in [1.54, 1.807) is 6.20 Å². The van der Waals surface area contributed by atoms with Gasteiger partial charge in [-0.05, 0) is 26.3 Å². The van der Waals surface area contributed by atoms with E-state index in [2.05, 4.69) is 20.4 Å². The number of aryl methyl sites for hydroxylation is 3. The Morgan fingerprint density at radius 1 is 1.41 bits per heavy atom. The second kappa shape index (κ2) is 5.92. The molecule has 7 heteroatoms. The van der Waals surface area contributed by atoms with Crippen molar-refractivity contribution in [2.24, 2.45) is 0 Å². The first-order valence-corrected chi connectivity index (χ1v) is 7.45. The van der Waals surface area contributed by atoms with Crippen LogP contribution >= 0.6 is 0 Å². The normalized spacial score (nSPS) is 18.7. The van der Waals surface area contributed by atoms with Gasteiger partial charge in [0.2, 0.25) is 5.91 Å². The van der Waals surface area contributed by atoms with E-state index < -0.39 is 0 Å². The van der Waals surface area contributed by atoms with Crippen LogP contribution in [0.15, 0.2) is 6.20 Å². The Morgan fingerprint density at radius 3 is 2.86 bits per heavy atom. The highest BCUT2D eigenvalue weighted by Crippen LogP contribution is 2.26. The predicted octanol–water partition coefficient (Wildman–Crippen LogP) is 1.20. The molecule has 3 rings (SSSR count). The van der Waals surface area contributed by atoms with Crippen LogP contribution in [0.5, 0.6) is 0 Å². The molecule has 7 nitrogen and oxygen atoms in total. The van der Waals surface area contributed by atoms with Gasteiger partial charge in [-0.3, -0.25) is 15.0 Å². The van der Waals surface area contributed by atoms with Gasteiger partial charge in [-0.15, -0.1) is 0 Å². The largest absolute Gasteiger partial charge is 0.377 e. The molecule has 1 amide bonds. The Hall–Kier alpha value is -2.15. The van der Waals surface area contributed by atoms with E-state index in [1.807, 2.05) is 25.7 Å². The summed E-state index contributed by atoms with van der Waals surface area (Å²) in [5.74, 6) is 0.0925. The third-order valence-electron chi connectivity index (χ3n) is 4.26. The maximum Gasteiger partial charge on any atom is 0.227 e. The molecule has 0 unspecified atom stereocenters. The number of aromatic nitrogens is 4. The monoisotopic (exact) mass is 303 g/mol. The number of morpholine rings is 1. The van der Waals surface area contributed by atoms with Gasteiger partial charge >= 0.3 is 0 Å². The summed E-state index contributed by atoms with van der Waals surface area (Å²) in [5.41, 5.74) is 4.82. The Labute approximate surface area is 129 Å². The number of nitrogens with one attached hydrogen (secondary N) is 2. The first kappa shape index (κ1) is 14.8. The Bertz CT molecular complexity index is 656. The zero-order valence-corrected chi connectivity index (χ0v) is 13.1. The fourth-order valence-electron chi connectivity index (χ4n) is 2.92. The van der Waals surface area contributed by atoms with Crippen molar-refractivity contribution < 1.29 is 9.53 Å². The van der Waals surface area contributed by atoms with Crippen LogP contribution in [-0.2, 0) is 16.0 Å². The molecule has 118 valence electrons. The minimum Gasteiger partial charge on any atom is -0.377 e. The lowest BCUT2D eigenvalue weighted by atomic mass is 10.1. The van der Waals surface area contributed by atoms with E-state index in [0.717, 1.165) is 28.2 Å². The summed E-state index contributed by atoms with van der Waals surface area (Å²) < 4.78 is 5.56. The first-order chi connectivity index (χ1) is 10.6. The third-order valence-corrected chi connectivity index (χ3v) is 4.26. The SMILES string of the molecule is Cc1cn[nH]c1[C@@H]1COCCN1C(=O)Cc1c(C)n[nH]c1C. The molecule has 1 aliphatic rings. The average Bonchev–Trinajstić information content (AvgIpc) is 3.07. The molecule has 1 aliphatic heterocycles. The van der Waals surface area contributed by atoms with E-state index in [4.69, 9.17) is 4.74 Å². The van der Waals surface area contributed by atoms with E-state index >= 15 is 0 Å². The summed E-state index contributed by atoms with van der Waals surface area (Å²) in [6.07, 6.45) is 2.13.